The number of aliphatic carboxylic acids is 1. The minimum Gasteiger partial charge on any atom is -0.481 e. The molecule has 0 fully saturated rings. The molecule has 6 heteroatoms. The van der Waals surface area contributed by atoms with Crippen LogP contribution in [0.15, 0.2) is 36.9 Å². The lowest BCUT2D eigenvalue weighted by Crippen LogP contribution is -2.32. The predicted octanol–water partition coefficient (Wildman–Crippen LogP) is 2.87. The molecule has 1 atom stereocenters. The first kappa shape index (κ1) is 17.1. The maximum absolute atomic E-state index is 11.3. The highest BCUT2D eigenvalue weighted by atomic mass is 16.4. The van der Waals surface area contributed by atoms with E-state index >= 15 is 0 Å². The maximum Gasteiger partial charge on any atom is 0.305 e. The number of aromatic amines is 1. The number of H-pyrrole nitrogens is 1. The molecule has 23 heavy (non-hydrogen) atoms. The van der Waals surface area contributed by atoms with Crippen LogP contribution in [0.3, 0.4) is 0 Å². The number of hydrogen-bond donors (Lipinski definition) is 2. The molecule has 0 aliphatic carbocycles. The van der Waals surface area contributed by atoms with Crippen molar-refractivity contribution >= 4 is 5.97 Å². The summed E-state index contributed by atoms with van der Waals surface area (Å²) >= 11 is 0. The van der Waals surface area contributed by atoms with Gasteiger partial charge in [-0.1, -0.05) is 19.9 Å². The topological polar surface area (TPSA) is 82.1 Å². The van der Waals surface area contributed by atoms with Gasteiger partial charge in [-0.15, -0.1) is 0 Å². The van der Waals surface area contributed by atoms with Gasteiger partial charge in [0.05, 0.1) is 30.2 Å². The van der Waals surface area contributed by atoms with Gasteiger partial charge in [0.25, 0.3) is 0 Å². The van der Waals surface area contributed by atoms with Gasteiger partial charge in [0.15, 0.2) is 0 Å². The van der Waals surface area contributed by atoms with Gasteiger partial charge < -0.3 is 10.1 Å². The number of nitrogens with zero attached hydrogens (tertiary/aromatic N) is 3. The number of aromatic nitrogens is 3. The van der Waals surface area contributed by atoms with Crippen LogP contribution >= 0.6 is 0 Å². The number of imidazole rings is 1. The molecule has 2 N–H and O–H groups in total. The van der Waals surface area contributed by atoms with Crippen LogP contribution in [0.4, 0.5) is 0 Å². The van der Waals surface area contributed by atoms with Gasteiger partial charge in [-0.25, -0.2) is 4.98 Å². The van der Waals surface area contributed by atoms with Crippen molar-refractivity contribution < 1.29 is 9.90 Å². The van der Waals surface area contributed by atoms with Gasteiger partial charge >= 0.3 is 5.97 Å². The molecule has 1 unspecified atom stereocenters. The average Bonchev–Trinajstić information content (AvgIpc) is 3.04. The number of nitrogens with one attached hydrogen (secondary N) is 1. The van der Waals surface area contributed by atoms with Crippen LogP contribution in [-0.4, -0.2) is 37.5 Å². The molecule has 2 aromatic rings. The average molecular weight is 316 g/mol. The summed E-state index contributed by atoms with van der Waals surface area (Å²) in [5, 5.41) is 9.30. The van der Waals surface area contributed by atoms with Crippen molar-refractivity contribution in [3.8, 4) is 0 Å². The molecule has 0 aliphatic heterocycles. The Bertz CT molecular complexity index is 584. The fraction of sp³-hybridized carbons (Fsp3) is 0.471. The lowest BCUT2D eigenvalue weighted by atomic mass is 10.1. The van der Waals surface area contributed by atoms with Gasteiger partial charge in [0, 0.05) is 18.9 Å². The van der Waals surface area contributed by atoms with Crippen LogP contribution in [0.5, 0.6) is 0 Å². The normalized spacial score (nSPS) is 12.7. The molecule has 0 aromatic carbocycles. The molecule has 124 valence electrons. The third-order valence-electron chi connectivity index (χ3n) is 3.77. The molecular weight excluding hydrogens is 292 g/mol. The summed E-state index contributed by atoms with van der Waals surface area (Å²) in [7, 11) is 0. The standard InChI is InChI=1S/C17H24N4O2/c1-13(2)6-8-21(11-14-5-3-4-7-19-14)16(9-17(22)23)15-10-18-12-20-15/h3-5,7,10,12-13,16H,6,8-9,11H2,1-2H3,(H,18,20)(H,22,23). The number of hydrogen-bond acceptors (Lipinski definition) is 4. The SMILES string of the molecule is CC(C)CCN(Cc1ccccn1)C(CC(=O)O)c1cnc[nH]1. The molecule has 6 nitrogen and oxygen atoms in total. The van der Waals surface area contributed by atoms with Crippen molar-refractivity contribution in [3.63, 3.8) is 0 Å². The highest BCUT2D eigenvalue weighted by Crippen LogP contribution is 2.25. The van der Waals surface area contributed by atoms with E-state index in [1.165, 1.54) is 0 Å². The number of pyridine rings is 1. The van der Waals surface area contributed by atoms with Crippen molar-refractivity contribution in [2.24, 2.45) is 5.92 Å². The summed E-state index contributed by atoms with van der Waals surface area (Å²) in [6, 6.07) is 5.56. The molecule has 2 heterocycles. The summed E-state index contributed by atoms with van der Waals surface area (Å²) in [4.78, 5) is 25.0. The summed E-state index contributed by atoms with van der Waals surface area (Å²) < 4.78 is 0. The lowest BCUT2D eigenvalue weighted by Gasteiger charge is -2.30. The minimum atomic E-state index is -0.819. The Labute approximate surface area is 136 Å². The highest BCUT2D eigenvalue weighted by molar-refractivity contribution is 5.67. The maximum atomic E-state index is 11.3. The Kier molecular flexibility index (Phi) is 6.29. The molecular formula is C17H24N4O2. The zero-order valence-electron chi connectivity index (χ0n) is 13.6. The first-order chi connectivity index (χ1) is 11.1. The lowest BCUT2D eigenvalue weighted by molar-refractivity contribution is -0.138. The van der Waals surface area contributed by atoms with E-state index in [9.17, 15) is 9.90 Å². The molecule has 0 bridgehead atoms. The van der Waals surface area contributed by atoms with Crippen LogP contribution in [0.2, 0.25) is 0 Å². The van der Waals surface area contributed by atoms with Crippen LogP contribution in [0.1, 0.15) is 44.1 Å². The Hall–Kier alpha value is -2.21. The molecule has 0 amide bonds. The molecule has 2 aromatic heterocycles. The molecule has 0 saturated heterocycles. The molecule has 0 aliphatic rings. The second kappa shape index (κ2) is 8.43. The second-order valence-corrected chi connectivity index (χ2v) is 6.09. The summed E-state index contributed by atoms with van der Waals surface area (Å²) in [6.07, 6.45) is 6.09. The van der Waals surface area contributed by atoms with Crippen LogP contribution in [0, 0.1) is 5.92 Å². The van der Waals surface area contributed by atoms with E-state index in [1.807, 2.05) is 18.2 Å². The number of carboxylic acid groups (broad SMARTS) is 1. The molecule has 2 rings (SSSR count). The van der Waals surface area contributed by atoms with E-state index in [-0.39, 0.29) is 12.5 Å². The third-order valence-corrected chi connectivity index (χ3v) is 3.77. The molecule has 0 radical (unpaired) electrons. The largest absolute Gasteiger partial charge is 0.481 e. The van der Waals surface area contributed by atoms with Gasteiger partial charge in [-0.05, 0) is 31.0 Å². The first-order valence-electron chi connectivity index (χ1n) is 7.90. The van der Waals surface area contributed by atoms with Gasteiger partial charge in [0.2, 0.25) is 0 Å². The van der Waals surface area contributed by atoms with Crippen molar-refractivity contribution in [2.75, 3.05) is 6.54 Å². The van der Waals surface area contributed by atoms with E-state index in [0.717, 1.165) is 24.4 Å². The fourth-order valence-corrected chi connectivity index (χ4v) is 2.52. The van der Waals surface area contributed by atoms with Crippen LogP contribution < -0.4 is 0 Å². The Morgan fingerprint density at radius 3 is 2.78 bits per heavy atom. The zero-order chi connectivity index (χ0) is 16.7. The summed E-state index contributed by atoms with van der Waals surface area (Å²) in [6.45, 7) is 5.76. The summed E-state index contributed by atoms with van der Waals surface area (Å²) in [5.74, 6) is -0.270. The van der Waals surface area contributed by atoms with Gasteiger partial charge in [-0.2, -0.15) is 0 Å². The fourth-order valence-electron chi connectivity index (χ4n) is 2.52. The van der Waals surface area contributed by atoms with Crippen LogP contribution in [-0.2, 0) is 11.3 Å². The number of rotatable bonds is 9. The van der Waals surface area contributed by atoms with Crippen molar-refractivity contribution in [1.29, 1.82) is 0 Å². The van der Waals surface area contributed by atoms with Crippen molar-refractivity contribution in [1.82, 2.24) is 19.9 Å². The minimum absolute atomic E-state index is 0.0348. The van der Waals surface area contributed by atoms with Crippen LogP contribution in [0.25, 0.3) is 0 Å². The highest BCUT2D eigenvalue weighted by Gasteiger charge is 2.25. The van der Waals surface area contributed by atoms with E-state index in [0.29, 0.717) is 12.5 Å². The molecule has 0 spiro atoms. The van der Waals surface area contributed by atoms with Crippen molar-refractivity contribution in [2.45, 2.75) is 39.3 Å². The number of carbonyl (C=O) groups is 1. The third kappa shape index (κ3) is 5.49. The van der Waals surface area contributed by atoms with E-state index in [4.69, 9.17) is 0 Å². The first-order valence-corrected chi connectivity index (χ1v) is 7.90. The number of carboxylic acids is 1. The Morgan fingerprint density at radius 2 is 2.22 bits per heavy atom. The molecule has 0 saturated carbocycles. The van der Waals surface area contributed by atoms with Crippen molar-refractivity contribution in [3.05, 3.63) is 48.3 Å². The second-order valence-electron chi connectivity index (χ2n) is 6.09. The Balaban J connectivity index is 2.22. The smallest absolute Gasteiger partial charge is 0.305 e. The predicted molar refractivity (Wildman–Crippen MR) is 87.7 cm³/mol. The Morgan fingerprint density at radius 1 is 1.39 bits per heavy atom. The van der Waals surface area contributed by atoms with E-state index in [1.54, 1.807) is 18.7 Å². The van der Waals surface area contributed by atoms with E-state index in [2.05, 4.69) is 33.7 Å². The van der Waals surface area contributed by atoms with Gasteiger partial charge in [0.1, 0.15) is 0 Å². The quantitative estimate of drug-likeness (QED) is 0.743. The monoisotopic (exact) mass is 316 g/mol. The summed E-state index contributed by atoms with van der Waals surface area (Å²) in [5.41, 5.74) is 1.76. The zero-order valence-corrected chi connectivity index (χ0v) is 13.6. The van der Waals surface area contributed by atoms with E-state index < -0.39 is 5.97 Å². The van der Waals surface area contributed by atoms with Gasteiger partial charge in [-0.3, -0.25) is 14.7 Å².